The van der Waals surface area contributed by atoms with Crippen LogP contribution in [0, 0.1) is 5.41 Å². The van der Waals surface area contributed by atoms with Gasteiger partial charge in [0.05, 0.1) is 4.20 Å². The molecule has 1 heterocycles. The summed E-state index contributed by atoms with van der Waals surface area (Å²) in [5, 5.41) is 0. The van der Waals surface area contributed by atoms with Gasteiger partial charge in [-0.25, -0.2) is 0 Å². The van der Waals surface area contributed by atoms with E-state index < -0.39 is 0 Å². The molecule has 1 saturated heterocycles. The summed E-state index contributed by atoms with van der Waals surface area (Å²) in [6, 6.07) is 0. The van der Waals surface area contributed by atoms with Gasteiger partial charge in [0.2, 0.25) is 0 Å². The fourth-order valence-electron chi connectivity index (χ4n) is 1.25. The zero-order valence-corrected chi connectivity index (χ0v) is 9.67. The Kier molecular flexibility index (Phi) is 2.19. The predicted octanol–water partition coefficient (Wildman–Crippen LogP) is 3.24. The van der Waals surface area contributed by atoms with E-state index in [4.69, 9.17) is 24.4 Å². The molecule has 0 radical (unpaired) electrons. The topological polar surface area (TPSA) is 0 Å². The third-order valence-corrected chi connectivity index (χ3v) is 5.29. The molecule has 0 saturated carbocycles. The minimum absolute atomic E-state index is 0.0289. The lowest BCUT2D eigenvalue weighted by atomic mass is 9.86. The van der Waals surface area contributed by atoms with E-state index in [1.165, 1.54) is 0 Å². The maximum absolute atomic E-state index is 5.36. The van der Waals surface area contributed by atoms with E-state index >= 15 is 0 Å². The lowest BCUT2D eigenvalue weighted by Gasteiger charge is -2.21. The molecule has 1 aliphatic rings. The van der Waals surface area contributed by atoms with Gasteiger partial charge in [0.1, 0.15) is 0 Å². The summed E-state index contributed by atoms with van der Waals surface area (Å²) in [5.74, 6) is 0. The van der Waals surface area contributed by atoms with Crippen molar-refractivity contribution in [2.75, 3.05) is 0 Å². The van der Waals surface area contributed by atoms with Crippen LogP contribution in [0.15, 0.2) is 0 Å². The molecule has 0 bridgehead atoms. The molecule has 0 nitrogen and oxygen atoms in total. The maximum atomic E-state index is 5.36. The van der Waals surface area contributed by atoms with Crippen LogP contribution in [-0.4, -0.2) is 13.8 Å². The van der Waals surface area contributed by atoms with Gasteiger partial charge in [-0.05, 0) is 27.7 Å². The van der Waals surface area contributed by atoms with Crippen LogP contribution in [0.4, 0.5) is 0 Å². The van der Waals surface area contributed by atoms with Crippen LogP contribution in [-0.2, 0) is 0 Å². The number of thiocarbonyl (C=S) groups is 2. The lowest BCUT2D eigenvalue weighted by molar-refractivity contribution is 0.734. The molecule has 62 valence electrons. The Labute approximate surface area is 83.1 Å². The monoisotopic (exact) mass is 204 g/mol. The Morgan fingerprint density at radius 2 is 1.55 bits per heavy atom. The second kappa shape index (κ2) is 2.51. The Morgan fingerprint density at radius 3 is 1.64 bits per heavy atom. The standard InChI is InChI=1S/C8H12S3/c1-7(2)5(9)8(3,4)11-6(7)10/h1-4H3. The van der Waals surface area contributed by atoms with Gasteiger partial charge in [0.25, 0.3) is 0 Å². The summed E-state index contributed by atoms with van der Waals surface area (Å²) >= 11 is 12.3. The fourth-order valence-corrected chi connectivity index (χ4v) is 3.50. The summed E-state index contributed by atoms with van der Waals surface area (Å²) in [6.45, 7) is 8.50. The second-order valence-corrected chi connectivity index (χ2v) is 6.56. The minimum atomic E-state index is -0.0289. The summed E-state index contributed by atoms with van der Waals surface area (Å²) in [4.78, 5) is 1.08. The Bertz CT molecular complexity index is 225. The highest BCUT2D eigenvalue weighted by molar-refractivity contribution is 8.26. The highest BCUT2D eigenvalue weighted by Gasteiger charge is 2.47. The number of hydrogen-bond donors (Lipinski definition) is 0. The summed E-state index contributed by atoms with van der Waals surface area (Å²) in [5.41, 5.74) is -0.0289. The molecule has 1 fully saturated rings. The molecule has 0 aromatic rings. The van der Waals surface area contributed by atoms with Crippen molar-refractivity contribution in [1.82, 2.24) is 0 Å². The molecule has 3 heteroatoms. The van der Waals surface area contributed by atoms with Crippen LogP contribution in [0.3, 0.4) is 0 Å². The van der Waals surface area contributed by atoms with Crippen molar-refractivity contribution in [1.29, 1.82) is 0 Å². The normalized spacial score (nSPS) is 27.6. The van der Waals surface area contributed by atoms with Crippen LogP contribution < -0.4 is 0 Å². The molecular formula is C8H12S3. The van der Waals surface area contributed by atoms with Gasteiger partial charge in [-0.3, -0.25) is 0 Å². The molecule has 0 unspecified atom stereocenters. The quantitative estimate of drug-likeness (QED) is 0.556. The van der Waals surface area contributed by atoms with Gasteiger partial charge in [0.15, 0.2) is 0 Å². The van der Waals surface area contributed by atoms with Crippen molar-refractivity contribution in [2.45, 2.75) is 32.4 Å². The van der Waals surface area contributed by atoms with Crippen molar-refractivity contribution in [3.05, 3.63) is 0 Å². The molecule has 0 spiro atoms. The van der Waals surface area contributed by atoms with Crippen LogP contribution in [0.2, 0.25) is 0 Å². The first-order chi connectivity index (χ1) is 4.78. The Hall–Kier alpha value is 0.530. The molecule has 0 amide bonds. The zero-order chi connectivity index (χ0) is 8.86. The molecule has 0 aromatic heterocycles. The van der Waals surface area contributed by atoms with Crippen molar-refractivity contribution in [2.24, 2.45) is 5.41 Å². The van der Waals surface area contributed by atoms with E-state index in [2.05, 4.69) is 27.7 Å². The molecular weight excluding hydrogens is 192 g/mol. The first kappa shape index (κ1) is 9.62. The molecule has 1 aliphatic heterocycles. The van der Waals surface area contributed by atoms with Crippen molar-refractivity contribution in [3.8, 4) is 0 Å². The third-order valence-electron chi connectivity index (χ3n) is 1.97. The lowest BCUT2D eigenvalue weighted by Crippen LogP contribution is -2.31. The van der Waals surface area contributed by atoms with E-state index in [0.29, 0.717) is 0 Å². The summed E-state index contributed by atoms with van der Waals surface area (Å²) in [7, 11) is 0. The van der Waals surface area contributed by atoms with Gasteiger partial charge in [-0.1, -0.05) is 24.4 Å². The Balaban J connectivity index is 3.09. The van der Waals surface area contributed by atoms with E-state index in [1.807, 2.05) is 0 Å². The van der Waals surface area contributed by atoms with Gasteiger partial charge in [-0.15, -0.1) is 11.8 Å². The van der Waals surface area contributed by atoms with Gasteiger partial charge in [0, 0.05) is 15.0 Å². The van der Waals surface area contributed by atoms with Crippen molar-refractivity contribution >= 4 is 45.3 Å². The highest BCUT2D eigenvalue weighted by Crippen LogP contribution is 2.47. The molecule has 11 heavy (non-hydrogen) atoms. The number of hydrogen-bond acceptors (Lipinski definition) is 3. The zero-order valence-electron chi connectivity index (χ0n) is 7.22. The fraction of sp³-hybridized carbons (Fsp3) is 0.750. The average molecular weight is 204 g/mol. The first-order valence-electron chi connectivity index (χ1n) is 3.57. The summed E-state index contributed by atoms with van der Waals surface area (Å²) < 4.78 is 1.10. The van der Waals surface area contributed by atoms with Crippen LogP contribution in [0.1, 0.15) is 27.7 Å². The number of thioether (sulfide) groups is 1. The van der Waals surface area contributed by atoms with Gasteiger partial charge >= 0.3 is 0 Å². The predicted molar refractivity (Wildman–Crippen MR) is 60.6 cm³/mol. The van der Waals surface area contributed by atoms with E-state index in [9.17, 15) is 0 Å². The van der Waals surface area contributed by atoms with Gasteiger partial charge < -0.3 is 0 Å². The Morgan fingerprint density at radius 1 is 1.09 bits per heavy atom. The van der Waals surface area contributed by atoms with Gasteiger partial charge in [-0.2, -0.15) is 0 Å². The number of rotatable bonds is 0. The molecule has 0 atom stereocenters. The van der Waals surface area contributed by atoms with Crippen LogP contribution in [0.5, 0.6) is 0 Å². The SMILES string of the molecule is CC1(C)SC(=S)C(C)(C)C1=S. The van der Waals surface area contributed by atoms with Crippen molar-refractivity contribution in [3.63, 3.8) is 0 Å². The minimum Gasteiger partial charge on any atom is -0.106 e. The van der Waals surface area contributed by atoms with E-state index in [1.54, 1.807) is 11.8 Å². The molecule has 0 N–H and O–H groups in total. The largest absolute Gasteiger partial charge is 0.106 e. The van der Waals surface area contributed by atoms with E-state index in [-0.39, 0.29) is 10.2 Å². The second-order valence-electron chi connectivity index (χ2n) is 3.85. The molecule has 1 rings (SSSR count). The molecule has 0 aromatic carbocycles. The highest BCUT2D eigenvalue weighted by atomic mass is 32.2. The first-order valence-corrected chi connectivity index (χ1v) is 5.20. The molecule has 0 aliphatic carbocycles. The third kappa shape index (κ3) is 1.38. The van der Waals surface area contributed by atoms with Crippen LogP contribution in [0.25, 0.3) is 0 Å². The summed E-state index contributed by atoms with van der Waals surface area (Å²) in [6.07, 6.45) is 0. The smallest absolute Gasteiger partial charge is 0.0593 e. The van der Waals surface area contributed by atoms with E-state index in [0.717, 1.165) is 9.06 Å². The maximum Gasteiger partial charge on any atom is 0.0593 e. The average Bonchev–Trinajstić information content (AvgIpc) is 1.94. The van der Waals surface area contributed by atoms with Crippen molar-refractivity contribution < 1.29 is 0 Å². The van der Waals surface area contributed by atoms with Crippen LogP contribution >= 0.6 is 36.2 Å².